The van der Waals surface area contributed by atoms with Gasteiger partial charge in [-0.15, -0.1) is 0 Å². The van der Waals surface area contributed by atoms with Gasteiger partial charge >= 0.3 is 6.09 Å². The van der Waals surface area contributed by atoms with E-state index in [1.54, 1.807) is 13.1 Å². The third-order valence-electron chi connectivity index (χ3n) is 4.53. The van der Waals surface area contributed by atoms with Crippen molar-refractivity contribution < 1.29 is 19.5 Å². The molecular weight excluding hydrogens is 414 g/mol. The molecule has 172 valence electrons. The van der Waals surface area contributed by atoms with Crippen molar-refractivity contribution in [3.05, 3.63) is 29.6 Å². The van der Waals surface area contributed by atoms with Gasteiger partial charge in [-0.1, -0.05) is 19.6 Å². The summed E-state index contributed by atoms with van der Waals surface area (Å²) < 4.78 is 13.4. The number of hydroxylamine groups is 1. The van der Waals surface area contributed by atoms with Gasteiger partial charge in [0.15, 0.2) is 5.84 Å². The number of fused-ring (bicyclic) bond motifs is 1. The Labute approximate surface area is 184 Å². The van der Waals surface area contributed by atoms with Gasteiger partial charge in [0.25, 0.3) is 0 Å². The highest BCUT2D eigenvalue weighted by Gasteiger charge is 2.22. The molecule has 10 heteroatoms. The fraction of sp³-hybridized carbons (Fsp3) is 0.571. The molecule has 0 aliphatic rings. The van der Waals surface area contributed by atoms with Crippen LogP contribution < -0.4 is 5.48 Å². The molecule has 0 spiro atoms. The fourth-order valence-corrected chi connectivity index (χ4v) is 3.61. The summed E-state index contributed by atoms with van der Waals surface area (Å²) in [6.45, 7) is 13.7. The Bertz CT molecular complexity index is 930. The summed E-state index contributed by atoms with van der Waals surface area (Å²) >= 11 is 0. The summed E-state index contributed by atoms with van der Waals surface area (Å²) in [5, 5.41) is 16.7. The number of aromatic nitrogens is 2. The van der Waals surface area contributed by atoms with E-state index in [1.807, 2.05) is 43.0 Å². The zero-order valence-electron chi connectivity index (χ0n) is 19.6. The Morgan fingerprint density at radius 2 is 2.00 bits per heavy atom. The average Bonchev–Trinajstić information content (AvgIpc) is 2.98. The number of amides is 1. The zero-order valence-corrected chi connectivity index (χ0v) is 20.6. The second-order valence-electron chi connectivity index (χ2n) is 9.84. The Morgan fingerprint density at radius 3 is 2.58 bits per heavy atom. The maximum atomic E-state index is 12.4. The molecule has 2 heterocycles. The summed E-state index contributed by atoms with van der Waals surface area (Å²) in [5.41, 5.74) is 3.88. The molecule has 2 aromatic heterocycles. The Kier molecular flexibility index (Phi) is 7.85. The minimum absolute atomic E-state index is 0.187. The molecule has 0 atom stereocenters. The molecule has 0 aliphatic carbocycles. The number of ether oxygens (including phenoxy) is 2. The van der Waals surface area contributed by atoms with Crippen molar-refractivity contribution in [2.75, 3.05) is 13.7 Å². The fourth-order valence-electron chi connectivity index (χ4n) is 2.85. The van der Waals surface area contributed by atoms with Crippen LogP contribution in [-0.2, 0) is 22.7 Å². The van der Waals surface area contributed by atoms with Crippen LogP contribution in [0.25, 0.3) is 11.0 Å². The van der Waals surface area contributed by atoms with Gasteiger partial charge in [0.05, 0.1) is 17.6 Å². The van der Waals surface area contributed by atoms with E-state index in [9.17, 15) is 4.79 Å². The zero-order chi connectivity index (χ0) is 23.4. The lowest BCUT2D eigenvalue weighted by molar-refractivity contribution is 0.0274. The molecule has 0 radical (unpaired) electrons. The van der Waals surface area contributed by atoms with E-state index in [0.717, 1.165) is 17.3 Å². The van der Waals surface area contributed by atoms with E-state index in [2.05, 4.69) is 24.6 Å². The van der Waals surface area contributed by atoms with E-state index < -0.39 is 19.8 Å². The first-order chi connectivity index (χ1) is 14.3. The molecule has 1 amide bonds. The Hall–Kier alpha value is -2.43. The molecule has 31 heavy (non-hydrogen) atoms. The van der Waals surface area contributed by atoms with Gasteiger partial charge < -0.3 is 18.9 Å². The van der Waals surface area contributed by atoms with Crippen molar-refractivity contribution in [2.45, 2.75) is 65.3 Å². The van der Waals surface area contributed by atoms with E-state index in [-0.39, 0.29) is 5.84 Å². The smallest absolute Gasteiger partial charge is 0.410 e. The van der Waals surface area contributed by atoms with Crippen LogP contribution in [0.5, 0.6) is 0 Å². The number of nitrogens with one attached hydrogen (secondary N) is 2. The first-order valence-corrected chi connectivity index (χ1v) is 14.0. The monoisotopic (exact) mass is 449 g/mol. The number of carbonyl (C=O) groups is 1. The Morgan fingerprint density at radius 1 is 1.32 bits per heavy atom. The second-order valence-corrected chi connectivity index (χ2v) is 15.5. The van der Waals surface area contributed by atoms with Crippen molar-refractivity contribution in [3.8, 4) is 0 Å². The molecule has 3 N–H and O–H groups in total. The molecular formula is C21H35N5O4Si. The van der Waals surface area contributed by atoms with Crippen molar-refractivity contribution in [2.24, 2.45) is 0 Å². The van der Waals surface area contributed by atoms with Crippen LogP contribution in [0.3, 0.4) is 0 Å². The molecule has 0 aliphatic heterocycles. The minimum atomic E-state index is -1.21. The van der Waals surface area contributed by atoms with Gasteiger partial charge in [-0.05, 0) is 45.0 Å². The molecule has 2 aromatic rings. The van der Waals surface area contributed by atoms with E-state index in [4.69, 9.17) is 20.1 Å². The van der Waals surface area contributed by atoms with Crippen LogP contribution in [0.15, 0.2) is 18.2 Å². The molecule has 0 aromatic carbocycles. The first-order valence-electron chi connectivity index (χ1n) is 10.3. The highest BCUT2D eigenvalue weighted by atomic mass is 28.3. The van der Waals surface area contributed by atoms with E-state index in [1.165, 1.54) is 4.90 Å². The number of amidine groups is 1. The lowest BCUT2D eigenvalue weighted by Gasteiger charge is -2.25. The molecule has 0 fully saturated rings. The van der Waals surface area contributed by atoms with Gasteiger partial charge in [-0.25, -0.2) is 9.78 Å². The predicted molar refractivity (Wildman–Crippen MR) is 123 cm³/mol. The van der Waals surface area contributed by atoms with Crippen LogP contribution in [-0.4, -0.2) is 58.9 Å². The molecule has 0 saturated carbocycles. The third-order valence-corrected chi connectivity index (χ3v) is 6.24. The summed E-state index contributed by atoms with van der Waals surface area (Å²) in [7, 11) is 0.482. The highest BCUT2D eigenvalue weighted by Crippen LogP contribution is 2.21. The molecule has 0 saturated heterocycles. The number of carbonyl (C=O) groups excluding carboxylic acids is 1. The molecule has 0 bridgehead atoms. The minimum Gasteiger partial charge on any atom is -0.444 e. The van der Waals surface area contributed by atoms with Crippen LogP contribution in [0.1, 0.15) is 32.2 Å². The SMILES string of the molecule is CN(Cc1cc2nc(C(=N)NO)ccc2n1COCC[Si](C)(C)C)C(=O)OC(C)(C)C. The Balaban J connectivity index is 2.30. The normalized spacial score (nSPS) is 12.1. The van der Waals surface area contributed by atoms with Gasteiger partial charge in [0.2, 0.25) is 0 Å². The number of nitrogens with zero attached hydrogens (tertiary/aromatic N) is 3. The van der Waals surface area contributed by atoms with Gasteiger partial charge in [-0.2, -0.15) is 0 Å². The molecule has 0 unspecified atom stereocenters. The molecule has 9 nitrogen and oxygen atoms in total. The van der Waals surface area contributed by atoms with Crippen molar-refractivity contribution >= 4 is 31.0 Å². The largest absolute Gasteiger partial charge is 0.444 e. The van der Waals surface area contributed by atoms with Crippen LogP contribution in [0, 0.1) is 5.41 Å². The number of hydrogen-bond donors (Lipinski definition) is 3. The lowest BCUT2D eigenvalue weighted by atomic mass is 10.2. The van der Waals surface area contributed by atoms with Crippen molar-refractivity contribution in [1.29, 1.82) is 5.41 Å². The van der Waals surface area contributed by atoms with Gasteiger partial charge in [0.1, 0.15) is 18.0 Å². The van der Waals surface area contributed by atoms with Gasteiger partial charge in [0, 0.05) is 27.4 Å². The third kappa shape index (κ3) is 7.33. The maximum Gasteiger partial charge on any atom is 0.410 e. The van der Waals surface area contributed by atoms with E-state index in [0.29, 0.717) is 31.1 Å². The average molecular weight is 450 g/mol. The maximum absolute atomic E-state index is 12.4. The summed E-state index contributed by atoms with van der Waals surface area (Å²) in [6, 6.07) is 6.42. The number of rotatable bonds is 8. The van der Waals surface area contributed by atoms with Crippen LogP contribution in [0.2, 0.25) is 25.7 Å². The van der Waals surface area contributed by atoms with Crippen LogP contribution >= 0.6 is 0 Å². The molecule has 2 rings (SSSR count). The highest BCUT2D eigenvalue weighted by molar-refractivity contribution is 6.76. The van der Waals surface area contributed by atoms with Crippen LogP contribution in [0.4, 0.5) is 4.79 Å². The van der Waals surface area contributed by atoms with Crippen molar-refractivity contribution in [3.63, 3.8) is 0 Å². The summed E-state index contributed by atoms with van der Waals surface area (Å²) in [5.74, 6) is -0.187. The summed E-state index contributed by atoms with van der Waals surface area (Å²) in [4.78, 5) is 18.4. The lowest BCUT2D eigenvalue weighted by Crippen LogP contribution is -2.34. The second kappa shape index (κ2) is 9.80. The number of hydrogen-bond acceptors (Lipinski definition) is 6. The predicted octanol–water partition coefficient (Wildman–Crippen LogP) is 4.02. The topological polar surface area (TPSA) is 113 Å². The first kappa shape index (κ1) is 24.8. The number of pyridine rings is 1. The van der Waals surface area contributed by atoms with Crippen molar-refractivity contribution in [1.82, 2.24) is 19.9 Å². The van der Waals surface area contributed by atoms with E-state index >= 15 is 0 Å². The standard InChI is InChI=1S/C21H35N5O4Si/c1-21(2,3)30-20(27)25(4)13-15-12-17-18(9-8-16(23-17)19(22)24-28)26(15)14-29-10-11-31(5,6)7/h8-9,12,28H,10-11,13-14H2,1-7H3,(H2,22,24). The summed E-state index contributed by atoms with van der Waals surface area (Å²) in [6.07, 6.45) is -0.413. The quantitative estimate of drug-likeness (QED) is 0.184. The van der Waals surface area contributed by atoms with Gasteiger partial charge in [-0.3, -0.25) is 16.1 Å².